The number of rotatable bonds is 6. The zero-order valence-corrected chi connectivity index (χ0v) is 11.0. The third-order valence-electron chi connectivity index (χ3n) is 2.79. The van der Waals surface area contributed by atoms with Crippen LogP contribution in [0.5, 0.6) is 5.75 Å². The minimum absolute atomic E-state index is 0.0190. The molecule has 1 aromatic heterocycles. The molecule has 2 aromatic rings. The second-order valence-electron chi connectivity index (χ2n) is 4.02. The van der Waals surface area contributed by atoms with Gasteiger partial charge in [-0.25, -0.2) is 4.98 Å². The Morgan fingerprint density at radius 2 is 2.29 bits per heavy atom. The zero-order valence-electron chi connectivity index (χ0n) is 11.0. The van der Waals surface area contributed by atoms with Gasteiger partial charge in [-0.05, 0) is 6.07 Å². The van der Waals surface area contributed by atoms with Crippen molar-refractivity contribution in [3.05, 3.63) is 46.5 Å². The van der Waals surface area contributed by atoms with Gasteiger partial charge in [0, 0.05) is 24.5 Å². The smallest absolute Gasteiger partial charge is 0.319 e. The molecule has 9 heteroatoms. The Hall–Kier alpha value is -2.71. The van der Waals surface area contributed by atoms with Crippen molar-refractivity contribution < 1.29 is 18.4 Å². The third-order valence-corrected chi connectivity index (χ3v) is 2.79. The van der Waals surface area contributed by atoms with Crippen LogP contribution in [0.3, 0.4) is 0 Å². The minimum atomic E-state index is -2.70. The number of nitro benzene ring substituents is 1. The van der Waals surface area contributed by atoms with Crippen LogP contribution in [-0.2, 0) is 6.54 Å². The number of alkyl halides is 2. The Labute approximate surface area is 118 Å². The molecule has 0 amide bonds. The SMILES string of the molecule is COc1ccc([N+](=O)[O-])cc1NCc1nccn1C(F)F. The van der Waals surface area contributed by atoms with Gasteiger partial charge < -0.3 is 10.1 Å². The second-order valence-corrected chi connectivity index (χ2v) is 4.02. The lowest BCUT2D eigenvalue weighted by molar-refractivity contribution is -0.384. The minimum Gasteiger partial charge on any atom is -0.495 e. The van der Waals surface area contributed by atoms with Crippen molar-refractivity contribution in [2.45, 2.75) is 13.1 Å². The molecular formula is C12H12F2N4O3. The van der Waals surface area contributed by atoms with Crippen LogP contribution >= 0.6 is 0 Å². The molecule has 1 heterocycles. The molecule has 2 rings (SSSR count). The molecule has 0 fully saturated rings. The maximum Gasteiger partial charge on any atom is 0.319 e. The van der Waals surface area contributed by atoms with Gasteiger partial charge in [-0.3, -0.25) is 14.7 Å². The Bertz CT molecular complexity index is 645. The summed E-state index contributed by atoms with van der Waals surface area (Å²) in [7, 11) is 1.41. The fraction of sp³-hybridized carbons (Fsp3) is 0.250. The fourth-order valence-electron chi connectivity index (χ4n) is 1.78. The third kappa shape index (κ3) is 3.25. The number of halogens is 2. The van der Waals surface area contributed by atoms with Crippen molar-refractivity contribution >= 4 is 11.4 Å². The van der Waals surface area contributed by atoms with Crippen LogP contribution in [0.25, 0.3) is 0 Å². The molecule has 0 spiro atoms. The van der Waals surface area contributed by atoms with Crippen LogP contribution in [0.2, 0.25) is 0 Å². The lowest BCUT2D eigenvalue weighted by Gasteiger charge is -2.11. The topological polar surface area (TPSA) is 82.2 Å². The Kier molecular flexibility index (Phi) is 4.31. The van der Waals surface area contributed by atoms with Crippen molar-refractivity contribution in [3.63, 3.8) is 0 Å². The number of nitrogens with zero attached hydrogens (tertiary/aromatic N) is 3. The monoisotopic (exact) mass is 298 g/mol. The number of benzene rings is 1. The number of hydrogen-bond acceptors (Lipinski definition) is 5. The maximum atomic E-state index is 12.7. The first-order valence-electron chi connectivity index (χ1n) is 5.89. The summed E-state index contributed by atoms with van der Waals surface area (Å²) in [6, 6.07) is 4.00. The van der Waals surface area contributed by atoms with Crippen molar-refractivity contribution in [2.75, 3.05) is 12.4 Å². The Morgan fingerprint density at radius 3 is 2.90 bits per heavy atom. The van der Waals surface area contributed by atoms with Gasteiger partial charge in [0.1, 0.15) is 11.6 Å². The Morgan fingerprint density at radius 1 is 1.52 bits per heavy atom. The molecule has 0 aliphatic heterocycles. The van der Waals surface area contributed by atoms with E-state index in [1.807, 2.05) is 0 Å². The molecular weight excluding hydrogens is 286 g/mol. The van der Waals surface area contributed by atoms with E-state index in [1.54, 1.807) is 0 Å². The highest BCUT2D eigenvalue weighted by atomic mass is 19.3. The lowest BCUT2D eigenvalue weighted by atomic mass is 10.2. The molecule has 112 valence electrons. The standard InChI is InChI=1S/C12H12F2N4O3/c1-21-10-3-2-8(18(19)20)6-9(10)16-7-11-15-4-5-17(11)12(13)14/h2-6,12,16H,7H2,1H3. The van der Waals surface area contributed by atoms with Crippen molar-refractivity contribution in [1.82, 2.24) is 9.55 Å². The molecule has 1 N–H and O–H groups in total. The number of methoxy groups -OCH3 is 1. The number of hydrogen-bond donors (Lipinski definition) is 1. The molecule has 0 aliphatic carbocycles. The summed E-state index contributed by atoms with van der Waals surface area (Å²) in [6.45, 7) is -2.72. The highest BCUT2D eigenvalue weighted by Gasteiger charge is 2.14. The van der Waals surface area contributed by atoms with Gasteiger partial charge >= 0.3 is 6.55 Å². The predicted octanol–water partition coefficient (Wildman–Crippen LogP) is 2.81. The summed E-state index contributed by atoms with van der Waals surface area (Å²) >= 11 is 0. The van der Waals surface area contributed by atoms with Gasteiger partial charge in [0.2, 0.25) is 0 Å². The van der Waals surface area contributed by atoms with Gasteiger partial charge in [-0.15, -0.1) is 0 Å². The quantitative estimate of drug-likeness (QED) is 0.655. The molecule has 0 radical (unpaired) electrons. The summed E-state index contributed by atoms with van der Waals surface area (Å²) in [6.07, 6.45) is 2.42. The predicted molar refractivity (Wildman–Crippen MR) is 70.5 cm³/mol. The van der Waals surface area contributed by atoms with E-state index in [4.69, 9.17) is 4.74 Å². The number of imidazole rings is 1. The van der Waals surface area contributed by atoms with Crippen molar-refractivity contribution in [1.29, 1.82) is 0 Å². The van der Waals surface area contributed by atoms with Gasteiger partial charge in [0.15, 0.2) is 0 Å². The average molecular weight is 298 g/mol. The number of nitrogens with one attached hydrogen (secondary N) is 1. The van der Waals surface area contributed by atoms with E-state index in [-0.39, 0.29) is 18.1 Å². The first-order valence-corrected chi connectivity index (χ1v) is 5.89. The molecule has 0 unspecified atom stereocenters. The van der Waals surface area contributed by atoms with Crippen LogP contribution in [0.4, 0.5) is 20.2 Å². The summed E-state index contributed by atoms with van der Waals surface area (Å²) in [5.41, 5.74) is 0.200. The Balaban J connectivity index is 2.20. The van der Waals surface area contributed by atoms with E-state index in [2.05, 4.69) is 10.3 Å². The van der Waals surface area contributed by atoms with E-state index in [1.165, 1.54) is 31.5 Å². The molecule has 0 aliphatic rings. The van der Waals surface area contributed by atoms with Crippen LogP contribution in [0.15, 0.2) is 30.6 Å². The number of ether oxygens (including phenoxy) is 1. The van der Waals surface area contributed by atoms with Gasteiger partial charge in [-0.1, -0.05) is 0 Å². The molecule has 0 atom stereocenters. The zero-order chi connectivity index (χ0) is 15.4. The fourth-order valence-corrected chi connectivity index (χ4v) is 1.78. The molecule has 7 nitrogen and oxygen atoms in total. The molecule has 1 aromatic carbocycles. The van der Waals surface area contributed by atoms with Gasteiger partial charge in [0.05, 0.1) is 24.3 Å². The first kappa shape index (κ1) is 14.7. The summed E-state index contributed by atoms with van der Waals surface area (Å²) in [4.78, 5) is 14.0. The average Bonchev–Trinajstić information content (AvgIpc) is 2.93. The normalized spacial score (nSPS) is 10.7. The summed E-state index contributed by atoms with van der Waals surface area (Å²) < 4.78 is 31.1. The van der Waals surface area contributed by atoms with Crippen LogP contribution in [0.1, 0.15) is 12.4 Å². The molecule has 0 saturated carbocycles. The van der Waals surface area contributed by atoms with E-state index in [0.29, 0.717) is 16.0 Å². The van der Waals surface area contributed by atoms with E-state index >= 15 is 0 Å². The van der Waals surface area contributed by atoms with E-state index < -0.39 is 11.5 Å². The van der Waals surface area contributed by atoms with E-state index in [9.17, 15) is 18.9 Å². The highest BCUT2D eigenvalue weighted by molar-refractivity contribution is 5.61. The van der Waals surface area contributed by atoms with Crippen LogP contribution < -0.4 is 10.1 Å². The highest BCUT2D eigenvalue weighted by Crippen LogP contribution is 2.29. The molecule has 0 saturated heterocycles. The van der Waals surface area contributed by atoms with Gasteiger partial charge in [0.25, 0.3) is 5.69 Å². The summed E-state index contributed by atoms with van der Waals surface area (Å²) in [5.74, 6) is 0.481. The van der Waals surface area contributed by atoms with Crippen LogP contribution in [-0.4, -0.2) is 21.6 Å². The number of aromatic nitrogens is 2. The largest absolute Gasteiger partial charge is 0.495 e. The lowest BCUT2D eigenvalue weighted by Crippen LogP contribution is -2.09. The van der Waals surface area contributed by atoms with Crippen LogP contribution in [0, 0.1) is 10.1 Å². The number of nitro groups is 1. The van der Waals surface area contributed by atoms with Crippen molar-refractivity contribution in [3.8, 4) is 5.75 Å². The number of anilines is 1. The molecule has 0 bridgehead atoms. The second kappa shape index (κ2) is 6.16. The first-order chi connectivity index (χ1) is 10.0. The molecule has 21 heavy (non-hydrogen) atoms. The van der Waals surface area contributed by atoms with Gasteiger partial charge in [-0.2, -0.15) is 8.78 Å². The maximum absolute atomic E-state index is 12.7. The van der Waals surface area contributed by atoms with E-state index in [0.717, 1.165) is 6.20 Å². The number of non-ortho nitro benzene ring substituents is 1. The summed E-state index contributed by atoms with van der Waals surface area (Å²) in [5, 5.41) is 13.6. The van der Waals surface area contributed by atoms with Crippen molar-refractivity contribution in [2.24, 2.45) is 0 Å².